The fourth-order valence-electron chi connectivity index (χ4n) is 1.84. The third-order valence-corrected chi connectivity index (χ3v) is 3.90. The summed E-state index contributed by atoms with van der Waals surface area (Å²) in [5.41, 5.74) is 0.611. The number of methoxy groups -OCH3 is 1. The Morgan fingerprint density at radius 1 is 1.18 bits per heavy atom. The molecule has 0 aliphatic heterocycles. The van der Waals surface area contributed by atoms with Gasteiger partial charge in [0.25, 0.3) is 0 Å². The number of carbonyl (C=O) groups excluding carboxylic acids is 1. The maximum atomic E-state index is 11.9. The van der Waals surface area contributed by atoms with Crippen LogP contribution in [-0.2, 0) is 4.74 Å². The number of hydrogen-bond donors (Lipinski definition) is 0. The molecule has 0 amide bonds. The maximum Gasteiger partial charge on any atom is 0.339 e. The first-order valence-electron chi connectivity index (χ1n) is 6.71. The molecule has 0 fully saturated rings. The van der Waals surface area contributed by atoms with Crippen molar-refractivity contribution in [3.05, 3.63) is 53.6 Å². The van der Waals surface area contributed by atoms with E-state index in [1.165, 1.54) is 11.8 Å². The van der Waals surface area contributed by atoms with Crippen molar-refractivity contribution < 1.29 is 14.3 Å². The molecule has 0 spiro atoms. The molecule has 2 rings (SSSR count). The molecule has 0 heterocycles. The van der Waals surface area contributed by atoms with Crippen LogP contribution in [0.5, 0.6) is 5.75 Å². The molecule has 0 aliphatic rings. The highest BCUT2D eigenvalue weighted by atomic mass is 32.2. The van der Waals surface area contributed by atoms with Crippen molar-refractivity contribution in [2.24, 2.45) is 0 Å². The molecule has 0 aliphatic carbocycles. The highest BCUT2D eigenvalue weighted by Crippen LogP contribution is 2.30. The van der Waals surface area contributed by atoms with E-state index < -0.39 is 5.97 Å². The van der Waals surface area contributed by atoms with Crippen molar-refractivity contribution in [3.63, 3.8) is 0 Å². The Morgan fingerprint density at radius 2 is 1.86 bits per heavy atom. The van der Waals surface area contributed by atoms with E-state index in [0.29, 0.717) is 11.1 Å². The lowest BCUT2D eigenvalue weighted by molar-refractivity contribution is 0.0525. The van der Waals surface area contributed by atoms with Crippen LogP contribution in [-0.4, -0.2) is 19.7 Å². The molecule has 0 unspecified atom stereocenters. The Balaban J connectivity index is 2.26. The van der Waals surface area contributed by atoms with E-state index in [1.807, 2.05) is 36.4 Å². The minimum absolute atomic E-state index is 0.277. The molecule has 0 radical (unpaired) electrons. The van der Waals surface area contributed by atoms with E-state index in [0.717, 1.165) is 15.5 Å². The van der Waals surface area contributed by atoms with E-state index in [4.69, 9.17) is 14.7 Å². The third kappa shape index (κ3) is 3.80. The van der Waals surface area contributed by atoms with Crippen molar-refractivity contribution in [1.29, 1.82) is 5.26 Å². The molecule has 0 atom stereocenters. The number of benzene rings is 2. The summed E-state index contributed by atoms with van der Waals surface area (Å²) < 4.78 is 10.1. The topological polar surface area (TPSA) is 59.3 Å². The normalized spacial score (nSPS) is 9.86. The van der Waals surface area contributed by atoms with Crippen molar-refractivity contribution in [2.45, 2.75) is 16.7 Å². The Kier molecular flexibility index (Phi) is 5.45. The van der Waals surface area contributed by atoms with Gasteiger partial charge in [-0.15, -0.1) is 0 Å². The molecule has 0 aromatic heterocycles. The van der Waals surface area contributed by atoms with Gasteiger partial charge in [0.2, 0.25) is 0 Å². The first kappa shape index (κ1) is 15.9. The van der Waals surface area contributed by atoms with Gasteiger partial charge in [0.05, 0.1) is 24.8 Å². The molecule has 0 N–H and O–H groups in total. The average molecular weight is 313 g/mol. The van der Waals surface area contributed by atoms with Gasteiger partial charge in [-0.25, -0.2) is 4.79 Å². The number of rotatable bonds is 5. The summed E-state index contributed by atoms with van der Waals surface area (Å²) in [5, 5.41) is 9.10. The molecule has 0 saturated carbocycles. The van der Waals surface area contributed by atoms with Crippen molar-refractivity contribution in [1.82, 2.24) is 0 Å². The van der Waals surface area contributed by atoms with Crippen molar-refractivity contribution in [3.8, 4) is 11.8 Å². The maximum absolute atomic E-state index is 11.9. The molecular formula is C17H15NO3S. The van der Waals surface area contributed by atoms with Crippen LogP contribution < -0.4 is 4.74 Å². The summed E-state index contributed by atoms with van der Waals surface area (Å²) in [7, 11) is 1.62. The number of ether oxygens (including phenoxy) is 2. The highest BCUT2D eigenvalue weighted by molar-refractivity contribution is 7.99. The average Bonchev–Trinajstić information content (AvgIpc) is 2.55. The first-order valence-corrected chi connectivity index (χ1v) is 7.52. The molecule has 4 nitrogen and oxygen atoms in total. The number of nitriles is 1. The number of esters is 1. The fourth-order valence-corrected chi connectivity index (χ4v) is 2.70. The zero-order valence-electron chi connectivity index (χ0n) is 12.3. The summed E-state index contributed by atoms with van der Waals surface area (Å²) in [6.07, 6.45) is 0. The molecule has 5 heteroatoms. The van der Waals surface area contributed by atoms with Crippen LogP contribution >= 0.6 is 11.8 Å². The van der Waals surface area contributed by atoms with Crippen LogP contribution in [0.15, 0.2) is 52.3 Å². The van der Waals surface area contributed by atoms with Gasteiger partial charge in [-0.05, 0) is 49.4 Å². The predicted molar refractivity (Wildman–Crippen MR) is 84.2 cm³/mol. The van der Waals surface area contributed by atoms with Gasteiger partial charge in [0.1, 0.15) is 11.8 Å². The lowest BCUT2D eigenvalue weighted by atomic mass is 10.1. The van der Waals surface area contributed by atoms with Crippen LogP contribution in [0.3, 0.4) is 0 Å². The van der Waals surface area contributed by atoms with E-state index in [2.05, 4.69) is 0 Å². The van der Waals surface area contributed by atoms with E-state index in [-0.39, 0.29) is 6.61 Å². The van der Waals surface area contributed by atoms with Gasteiger partial charge in [0, 0.05) is 9.79 Å². The standard InChI is InChI=1S/C17H15NO3S/c1-3-21-17(19)16-10-15(7-4-12(16)11-18)22-14-8-5-13(20-2)6-9-14/h4-10H,3H2,1-2H3. The molecule has 112 valence electrons. The quantitative estimate of drug-likeness (QED) is 0.784. The Bertz CT molecular complexity index is 705. The smallest absolute Gasteiger partial charge is 0.339 e. The highest BCUT2D eigenvalue weighted by Gasteiger charge is 2.13. The van der Waals surface area contributed by atoms with Crippen LogP contribution in [0.1, 0.15) is 22.8 Å². The lowest BCUT2D eigenvalue weighted by Gasteiger charge is -2.07. The summed E-state index contributed by atoms with van der Waals surface area (Å²) >= 11 is 1.50. The van der Waals surface area contributed by atoms with Crippen molar-refractivity contribution in [2.75, 3.05) is 13.7 Å². The number of hydrogen-bond acceptors (Lipinski definition) is 5. The summed E-state index contributed by atoms with van der Waals surface area (Å²) in [6, 6.07) is 14.8. The minimum Gasteiger partial charge on any atom is -0.497 e. The van der Waals surface area contributed by atoms with Gasteiger partial charge in [-0.3, -0.25) is 0 Å². The number of nitrogens with zero attached hydrogens (tertiary/aromatic N) is 1. The first-order chi connectivity index (χ1) is 10.7. The predicted octanol–water partition coefficient (Wildman–Crippen LogP) is 3.89. The van der Waals surface area contributed by atoms with Gasteiger partial charge in [0.15, 0.2) is 0 Å². The fraction of sp³-hybridized carbons (Fsp3) is 0.176. The zero-order valence-corrected chi connectivity index (χ0v) is 13.1. The molecule has 0 saturated heterocycles. The second-order valence-corrected chi connectivity index (χ2v) is 5.46. The number of carbonyl (C=O) groups is 1. The second-order valence-electron chi connectivity index (χ2n) is 4.32. The largest absolute Gasteiger partial charge is 0.497 e. The summed E-state index contributed by atoms with van der Waals surface area (Å²) in [5.74, 6) is 0.313. The zero-order chi connectivity index (χ0) is 15.9. The van der Waals surface area contributed by atoms with Crippen LogP contribution in [0.4, 0.5) is 0 Å². The monoisotopic (exact) mass is 313 g/mol. The Labute approximate surface area is 133 Å². The Morgan fingerprint density at radius 3 is 2.45 bits per heavy atom. The van der Waals surface area contributed by atoms with Crippen LogP contribution in [0.25, 0.3) is 0 Å². The third-order valence-electron chi connectivity index (χ3n) is 2.90. The molecule has 22 heavy (non-hydrogen) atoms. The van der Waals surface area contributed by atoms with Gasteiger partial charge < -0.3 is 9.47 Å². The SMILES string of the molecule is CCOC(=O)c1cc(Sc2ccc(OC)cc2)ccc1C#N. The van der Waals surface area contributed by atoms with E-state index >= 15 is 0 Å². The summed E-state index contributed by atoms with van der Waals surface area (Å²) in [6.45, 7) is 2.01. The minimum atomic E-state index is -0.476. The van der Waals surface area contributed by atoms with Crippen molar-refractivity contribution >= 4 is 17.7 Å². The van der Waals surface area contributed by atoms with E-state index in [1.54, 1.807) is 26.2 Å². The Hall–Kier alpha value is -2.45. The van der Waals surface area contributed by atoms with Gasteiger partial charge in [-0.2, -0.15) is 5.26 Å². The van der Waals surface area contributed by atoms with Crippen LogP contribution in [0.2, 0.25) is 0 Å². The van der Waals surface area contributed by atoms with Gasteiger partial charge in [-0.1, -0.05) is 11.8 Å². The molecule has 2 aromatic carbocycles. The molecular weight excluding hydrogens is 298 g/mol. The summed E-state index contributed by atoms with van der Waals surface area (Å²) in [4.78, 5) is 13.8. The van der Waals surface area contributed by atoms with Crippen LogP contribution in [0, 0.1) is 11.3 Å². The van der Waals surface area contributed by atoms with E-state index in [9.17, 15) is 4.79 Å². The molecule has 2 aromatic rings. The lowest BCUT2D eigenvalue weighted by Crippen LogP contribution is -2.07. The van der Waals surface area contributed by atoms with Gasteiger partial charge >= 0.3 is 5.97 Å². The molecule has 0 bridgehead atoms. The second kappa shape index (κ2) is 7.53.